The molecule has 0 bridgehead atoms. The van der Waals surface area contributed by atoms with Crippen LogP contribution in [0.25, 0.3) is 11.1 Å². The summed E-state index contributed by atoms with van der Waals surface area (Å²) in [6, 6.07) is 11.3. The third kappa shape index (κ3) is 4.16. The first-order valence-electron chi connectivity index (χ1n) is 10.4. The number of oxazole rings is 1. The lowest BCUT2D eigenvalue weighted by Gasteiger charge is -2.32. The van der Waals surface area contributed by atoms with Crippen LogP contribution in [-0.4, -0.2) is 47.1 Å². The Morgan fingerprint density at radius 1 is 1.16 bits per heavy atom. The molecule has 0 amide bonds. The van der Waals surface area contributed by atoms with Crippen LogP contribution in [0.1, 0.15) is 35.2 Å². The Morgan fingerprint density at radius 3 is 2.71 bits per heavy atom. The van der Waals surface area contributed by atoms with Gasteiger partial charge in [0.25, 0.3) is 0 Å². The van der Waals surface area contributed by atoms with Crippen molar-refractivity contribution in [2.75, 3.05) is 19.6 Å². The van der Waals surface area contributed by atoms with Crippen molar-refractivity contribution >= 4 is 22.6 Å². The average Bonchev–Trinajstić information content (AvgIpc) is 3.39. The van der Waals surface area contributed by atoms with E-state index in [1.54, 1.807) is 24.3 Å². The molecular weight excluding hydrogens is 401 g/mol. The maximum Gasteiger partial charge on any atom is 0.417 e. The van der Waals surface area contributed by atoms with E-state index in [0.29, 0.717) is 23.1 Å². The maximum absolute atomic E-state index is 13.1. The number of fused-ring (bicyclic) bond motifs is 1. The molecule has 1 atom stereocenters. The first kappa shape index (κ1) is 19.7. The number of piperidine rings is 1. The van der Waals surface area contributed by atoms with E-state index in [9.17, 15) is 14.0 Å². The van der Waals surface area contributed by atoms with Crippen LogP contribution in [-0.2, 0) is 4.84 Å². The fourth-order valence-corrected chi connectivity index (χ4v) is 4.34. The van der Waals surface area contributed by atoms with Crippen LogP contribution in [0.3, 0.4) is 0 Å². The Morgan fingerprint density at radius 2 is 1.94 bits per heavy atom. The summed E-state index contributed by atoms with van der Waals surface area (Å²) < 4.78 is 18.2. The van der Waals surface area contributed by atoms with Gasteiger partial charge in [-0.1, -0.05) is 11.2 Å². The zero-order chi connectivity index (χ0) is 21.4. The highest BCUT2D eigenvalue weighted by atomic mass is 19.1. The number of nitrogens with zero attached hydrogens (tertiary/aromatic N) is 2. The van der Waals surface area contributed by atoms with Crippen LogP contribution >= 0.6 is 0 Å². The number of ketones is 1. The molecule has 0 radical (unpaired) electrons. The number of hydrogen-bond acceptors (Lipinski definition) is 6. The predicted molar refractivity (Wildman–Crippen MR) is 113 cm³/mol. The minimum atomic E-state index is -0.476. The van der Waals surface area contributed by atoms with Gasteiger partial charge >= 0.3 is 5.76 Å². The van der Waals surface area contributed by atoms with E-state index in [0.717, 1.165) is 43.8 Å². The molecular formula is C23H22FN3O4. The van der Waals surface area contributed by atoms with E-state index < -0.39 is 5.76 Å². The summed E-state index contributed by atoms with van der Waals surface area (Å²) in [7, 11) is 0. The summed E-state index contributed by atoms with van der Waals surface area (Å²) in [5.74, 6) is -0.743. The highest BCUT2D eigenvalue weighted by Crippen LogP contribution is 2.25. The van der Waals surface area contributed by atoms with Crippen LogP contribution in [0.2, 0.25) is 0 Å². The monoisotopic (exact) mass is 423 g/mol. The van der Waals surface area contributed by atoms with Crippen molar-refractivity contribution in [3.8, 4) is 0 Å². The maximum atomic E-state index is 13.1. The predicted octanol–water partition coefficient (Wildman–Crippen LogP) is 3.35. The van der Waals surface area contributed by atoms with Gasteiger partial charge in [0.2, 0.25) is 0 Å². The number of halogens is 1. The molecule has 1 saturated heterocycles. The second kappa shape index (κ2) is 8.11. The van der Waals surface area contributed by atoms with Gasteiger partial charge in [0.1, 0.15) is 11.9 Å². The largest absolute Gasteiger partial charge is 0.417 e. The number of likely N-dealkylation sites (tertiary alicyclic amines) is 1. The molecule has 0 saturated carbocycles. The zero-order valence-corrected chi connectivity index (χ0v) is 16.8. The van der Waals surface area contributed by atoms with Gasteiger partial charge in [0.15, 0.2) is 11.4 Å². The SMILES string of the molecule is O=C(c1ccc(F)cc1)C1CCN(CC2CC(c3ccc4[nH]c(=O)oc4c3)=NO2)CC1. The van der Waals surface area contributed by atoms with Crippen molar-refractivity contribution in [3.05, 3.63) is 70.0 Å². The molecule has 1 N–H and O–H groups in total. The highest BCUT2D eigenvalue weighted by Gasteiger charge is 2.30. The van der Waals surface area contributed by atoms with Gasteiger partial charge in [-0.2, -0.15) is 0 Å². The number of aromatic nitrogens is 1. The molecule has 1 fully saturated rings. The highest BCUT2D eigenvalue weighted by molar-refractivity contribution is 6.03. The molecule has 7 nitrogen and oxygen atoms in total. The van der Waals surface area contributed by atoms with Crippen LogP contribution < -0.4 is 5.76 Å². The van der Waals surface area contributed by atoms with Crippen molar-refractivity contribution in [2.24, 2.45) is 11.1 Å². The summed E-state index contributed by atoms with van der Waals surface area (Å²) in [5.41, 5.74) is 3.44. The lowest BCUT2D eigenvalue weighted by molar-refractivity contribution is 0.0410. The van der Waals surface area contributed by atoms with Crippen molar-refractivity contribution in [1.29, 1.82) is 0 Å². The molecule has 3 aromatic rings. The Labute approximate surface area is 177 Å². The fraction of sp³-hybridized carbons (Fsp3) is 0.348. The molecule has 5 rings (SSSR count). The van der Waals surface area contributed by atoms with Gasteiger partial charge in [-0.15, -0.1) is 0 Å². The third-order valence-corrected chi connectivity index (χ3v) is 6.04. The minimum Gasteiger partial charge on any atom is -0.408 e. The molecule has 31 heavy (non-hydrogen) atoms. The van der Waals surface area contributed by atoms with Gasteiger partial charge in [0.05, 0.1) is 11.2 Å². The van der Waals surface area contributed by atoms with Crippen molar-refractivity contribution < 1.29 is 18.4 Å². The molecule has 160 valence electrons. The number of Topliss-reactive ketones (excluding diaryl/α,β-unsaturated/α-hetero) is 1. The Kier molecular flexibility index (Phi) is 5.15. The van der Waals surface area contributed by atoms with Gasteiger partial charge in [-0.05, 0) is 62.3 Å². The summed E-state index contributed by atoms with van der Waals surface area (Å²) in [6.07, 6.45) is 2.18. The molecule has 2 aliphatic rings. The van der Waals surface area contributed by atoms with Crippen molar-refractivity contribution in [1.82, 2.24) is 9.88 Å². The number of benzene rings is 2. The average molecular weight is 423 g/mol. The Hall–Kier alpha value is -3.26. The smallest absolute Gasteiger partial charge is 0.408 e. The standard InChI is InChI=1S/C23H22FN3O4/c24-17-4-1-14(2-5-17)22(28)15-7-9-27(10-8-15)13-18-12-20(26-31-18)16-3-6-19-21(11-16)30-23(29)25-19/h1-6,11,15,18H,7-10,12-13H2,(H,25,29). The second-order valence-corrected chi connectivity index (χ2v) is 8.14. The van der Waals surface area contributed by atoms with Gasteiger partial charge in [-0.25, -0.2) is 9.18 Å². The van der Waals surface area contributed by atoms with E-state index in [1.807, 2.05) is 6.07 Å². The van der Waals surface area contributed by atoms with E-state index in [4.69, 9.17) is 9.25 Å². The Bertz CT molecular complexity index is 1190. The van der Waals surface area contributed by atoms with E-state index >= 15 is 0 Å². The summed E-state index contributed by atoms with van der Waals surface area (Å²) in [4.78, 5) is 34.5. The number of carbonyl (C=O) groups excluding carboxylic acids is 1. The minimum absolute atomic E-state index is 0.0271. The number of aromatic amines is 1. The second-order valence-electron chi connectivity index (χ2n) is 8.14. The Balaban J connectivity index is 1.14. The molecule has 0 aliphatic carbocycles. The number of oxime groups is 1. The molecule has 0 spiro atoms. The quantitative estimate of drug-likeness (QED) is 0.636. The lowest BCUT2D eigenvalue weighted by Crippen LogP contribution is -2.40. The first-order chi connectivity index (χ1) is 15.0. The van der Waals surface area contributed by atoms with E-state index in [-0.39, 0.29) is 23.6 Å². The van der Waals surface area contributed by atoms with E-state index in [1.165, 1.54) is 12.1 Å². The van der Waals surface area contributed by atoms with Gasteiger partial charge in [-0.3, -0.25) is 14.7 Å². The zero-order valence-electron chi connectivity index (χ0n) is 16.8. The fourth-order valence-electron chi connectivity index (χ4n) is 4.34. The molecule has 2 aliphatic heterocycles. The topological polar surface area (TPSA) is 87.9 Å². The van der Waals surface area contributed by atoms with Gasteiger partial charge in [0, 0.05) is 30.0 Å². The molecule has 1 aromatic heterocycles. The van der Waals surface area contributed by atoms with Crippen LogP contribution in [0.4, 0.5) is 4.39 Å². The van der Waals surface area contributed by atoms with E-state index in [2.05, 4.69) is 15.0 Å². The number of rotatable bonds is 5. The first-order valence-corrected chi connectivity index (χ1v) is 10.4. The normalized spacial score (nSPS) is 20.0. The van der Waals surface area contributed by atoms with Crippen LogP contribution in [0.5, 0.6) is 0 Å². The summed E-state index contributed by atoms with van der Waals surface area (Å²) in [5, 5.41) is 4.23. The number of nitrogens with one attached hydrogen (secondary N) is 1. The van der Waals surface area contributed by atoms with Crippen molar-refractivity contribution in [2.45, 2.75) is 25.4 Å². The molecule has 8 heteroatoms. The van der Waals surface area contributed by atoms with Crippen LogP contribution in [0.15, 0.2) is 56.8 Å². The summed E-state index contributed by atoms with van der Waals surface area (Å²) >= 11 is 0. The molecule has 3 heterocycles. The summed E-state index contributed by atoms with van der Waals surface area (Å²) in [6.45, 7) is 2.37. The number of carbonyl (C=O) groups is 1. The third-order valence-electron chi connectivity index (χ3n) is 6.04. The number of hydrogen-bond donors (Lipinski definition) is 1. The van der Waals surface area contributed by atoms with Crippen molar-refractivity contribution in [3.63, 3.8) is 0 Å². The van der Waals surface area contributed by atoms with Crippen LogP contribution in [0, 0.1) is 11.7 Å². The molecule has 1 unspecified atom stereocenters. The lowest BCUT2D eigenvalue weighted by atomic mass is 9.88. The van der Waals surface area contributed by atoms with Gasteiger partial charge < -0.3 is 9.25 Å². The molecule has 2 aromatic carbocycles. The number of H-pyrrole nitrogens is 1.